The van der Waals surface area contributed by atoms with Crippen LogP contribution in [0, 0.1) is 0 Å². The van der Waals surface area contributed by atoms with Crippen molar-refractivity contribution in [3.8, 4) is 0 Å². The molecule has 26 heavy (non-hydrogen) atoms. The van der Waals surface area contributed by atoms with Crippen LogP contribution >= 0.6 is 15.9 Å². The molecule has 0 unspecified atom stereocenters. The van der Waals surface area contributed by atoms with Gasteiger partial charge in [-0.1, -0.05) is 28.1 Å². The van der Waals surface area contributed by atoms with E-state index >= 15 is 0 Å². The maximum atomic E-state index is 4.71. The fraction of sp³-hybridized carbons (Fsp3) is 0.444. The second-order valence-corrected chi connectivity index (χ2v) is 7.49. The molecule has 7 nitrogen and oxygen atoms in total. The molecular weight excluding hydrogens is 394 g/mol. The minimum absolute atomic E-state index is 0.495. The fourth-order valence-corrected chi connectivity index (χ4v) is 3.69. The Kier molecular flexibility index (Phi) is 5.29. The molecule has 8 heteroatoms. The van der Waals surface area contributed by atoms with Gasteiger partial charge in [-0.3, -0.25) is 0 Å². The Labute approximate surface area is 161 Å². The number of hydrogen-bond acceptors (Lipinski definition) is 7. The molecule has 0 amide bonds. The van der Waals surface area contributed by atoms with E-state index in [0.717, 1.165) is 48.1 Å². The molecule has 4 rings (SSSR count). The Balaban J connectivity index is 1.55. The van der Waals surface area contributed by atoms with E-state index in [-0.39, 0.29) is 0 Å². The molecule has 1 aromatic heterocycles. The summed E-state index contributed by atoms with van der Waals surface area (Å²) >= 11 is 3.47. The highest BCUT2D eigenvalue weighted by Crippen LogP contribution is 2.22. The number of aromatic nitrogens is 3. The highest BCUT2D eigenvalue weighted by atomic mass is 79.9. The van der Waals surface area contributed by atoms with Crippen LogP contribution in [0.15, 0.2) is 33.8 Å². The van der Waals surface area contributed by atoms with Gasteiger partial charge in [-0.25, -0.2) is 5.43 Å². The molecule has 2 aliphatic heterocycles. The second-order valence-electron chi connectivity index (χ2n) is 6.57. The Hall–Kier alpha value is -2.22. The van der Waals surface area contributed by atoms with Crippen LogP contribution < -0.4 is 15.2 Å². The van der Waals surface area contributed by atoms with Gasteiger partial charge in [0.2, 0.25) is 17.8 Å². The molecule has 3 heterocycles. The van der Waals surface area contributed by atoms with Crippen LogP contribution in [0.3, 0.4) is 0 Å². The molecule has 0 saturated carbocycles. The van der Waals surface area contributed by atoms with Crippen molar-refractivity contribution in [1.29, 1.82) is 0 Å². The van der Waals surface area contributed by atoms with Crippen LogP contribution in [0.4, 0.5) is 17.8 Å². The SMILES string of the molecule is Brc1cccc(C=NNc2nc(N3CCCC3)nc(N3CCCC3)n2)c1. The lowest BCUT2D eigenvalue weighted by Crippen LogP contribution is -2.25. The Morgan fingerprint density at radius 1 is 0.923 bits per heavy atom. The minimum Gasteiger partial charge on any atom is -0.341 e. The number of benzene rings is 1. The van der Waals surface area contributed by atoms with E-state index in [9.17, 15) is 0 Å². The summed E-state index contributed by atoms with van der Waals surface area (Å²) in [5.74, 6) is 1.99. The molecule has 2 saturated heterocycles. The third kappa shape index (κ3) is 4.12. The zero-order valence-electron chi connectivity index (χ0n) is 14.6. The first-order valence-electron chi connectivity index (χ1n) is 9.08. The van der Waals surface area contributed by atoms with Crippen molar-refractivity contribution >= 4 is 40.0 Å². The maximum Gasteiger partial charge on any atom is 0.250 e. The molecule has 0 radical (unpaired) electrons. The lowest BCUT2D eigenvalue weighted by Gasteiger charge is -2.20. The van der Waals surface area contributed by atoms with Crippen LogP contribution in [0.25, 0.3) is 0 Å². The van der Waals surface area contributed by atoms with Gasteiger partial charge in [0.1, 0.15) is 0 Å². The van der Waals surface area contributed by atoms with Gasteiger partial charge in [-0.2, -0.15) is 20.1 Å². The van der Waals surface area contributed by atoms with Crippen molar-refractivity contribution in [2.24, 2.45) is 5.10 Å². The van der Waals surface area contributed by atoms with Gasteiger partial charge in [0.15, 0.2) is 0 Å². The van der Waals surface area contributed by atoms with E-state index in [1.54, 1.807) is 6.21 Å². The van der Waals surface area contributed by atoms with E-state index in [1.807, 2.05) is 24.3 Å². The minimum atomic E-state index is 0.495. The Morgan fingerprint density at radius 2 is 1.54 bits per heavy atom. The zero-order valence-corrected chi connectivity index (χ0v) is 16.2. The molecule has 0 bridgehead atoms. The van der Waals surface area contributed by atoms with Gasteiger partial charge < -0.3 is 9.80 Å². The van der Waals surface area contributed by atoms with E-state index in [0.29, 0.717) is 5.95 Å². The number of hydrazone groups is 1. The van der Waals surface area contributed by atoms with Gasteiger partial charge in [0, 0.05) is 30.7 Å². The first-order chi connectivity index (χ1) is 12.8. The zero-order chi connectivity index (χ0) is 17.8. The lowest BCUT2D eigenvalue weighted by molar-refractivity contribution is 0.838. The summed E-state index contributed by atoms with van der Waals surface area (Å²) in [6.07, 6.45) is 6.52. The van der Waals surface area contributed by atoms with Crippen molar-refractivity contribution in [1.82, 2.24) is 15.0 Å². The smallest absolute Gasteiger partial charge is 0.250 e. The molecule has 136 valence electrons. The summed E-state index contributed by atoms with van der Waals surface area (Å²) in [5, 5.41) is 4.30. The maximum absolute atomic E-state index is 4.71. The Bertz CT molecular complexity index is 749. The molecule has 2 aliphatic rings. The van der Waals surface area contributed by atoms with Gasteiger partial charge in [0.25, 0.3) is 0 Å². The van der Waals surface area contributed by atoms with Crippen LogP contribution in [-0.2, 0) is 0 Å². The summed E-state index contributed by atoms with van der Waals surface area (Å²) in [5.41, 5.74) is 3.98. The summed E-state index contributed by atoms with van der Waals surface area (Å²) in [4.78, 5) is 18.3. The summed E-state index contributed by atoms with van der Waals surface area (Å²) in [7, 11) is 0. The number of rotatable bonds is 5. The molecule has 0 atom stereocenters. The van der Waals surface area contributed by atoms with E-state index in [4.69, 9.17) is 4.98 Å². The monoisotopic (exact) mass is 415 g/mol. The molecular formula is C18H22BrN7. The van der Waals surface area contributed by atoms with Crippen molar-refractivity contribution in [3.63, 3.8) is 0 Å². The standard InChI is InChI=1S/C18H22BrN7/c19-15-7-5-6-14(12-15)13-20-24-16-21-17(25-8-1-2-9-25)23-18(22-16)26-10-3-4-11-26/h5-7,12-13H,1-4,8-11H2,(H,21,22,23,24). The van der Waals surface area contributed by atoms with E-state index in [1.165, 1.54) is 25.7 Å². The molecule has 2 fully saturated rings. The highest BCUT2D eigenvalue weighted by molar-refractivity contribution is 9.10. The third-order valence-corrected chi connectivity index (χ3v) is 5.11. The average Bonchev–Trinajstić information content (AvgIpc) is 3.36. The summed E-state index contributed by atoms with van der Waals surface area (Å²) in [6.45, 7) is 4.02. The number of nitrogens with one attached hydrogen (secondary N) is 1. The normalized spacial score (nSPS) is 17.4. The van der Waals surface area contributed by atoms with Gasteiger partial charge in [-0.05, 0) is 43.4 Å². The number of hydrogen-bond donors (Lipinski definition) is 1. The number of nitrogens with zero attached hydrogens (tertiary/aromatic N) is 6. The lowest BCUT2D eigenvalue weighted by atomic mass is 10.2. The summed E-state index contributed by atoms with van der Waals surface area (Å²) < 4.78 is 1.02. The van der Waals surface area contributed by atoms with E-state index < -0.39 is 0 Å². The van der Waals surface area contributed by atoms with Crippen molar-refractivity contribution in [3.05, 3.63) is 34.3 Å². The van der Waals surface area contributed by atoms with Crippen LogP contribution in [0.5, 0.6) is 0 Å². The van der Waals surface area contributed by atoms with Crippen molar-refractivity contribution in [2.75, 3.05) is 41.4 Å². The van der Waals surface area contributed by atoms with Gasteiger partial charge in [-0.15, -0.1) is 0 Å². The van der Waals surface area contributed by atoms with Crippen LogP contribution in [0.1, 0.15) is 31.2 Å². The molecule has 0 spiro atoms. The highest BCUT2D eigenvalue weighted by Gasteiger charge is 2.21. The molecule has 0 aliphatic carbocycles. The first kappa shape index (κ1) is 17.2. The molecule has 1 N–H and O–H groups in total. The van der Waals surface area contributed by atoms with Crippen molar-refractivity contribution < 1.29 is 0 Å². The van der Waals surface area contributed by atoms with Gasteiger partial charge in [0.05, 0.1) is 6.21 Å². The third-order valence-electron chi connectivity index (χ3n) is 4.62. The number of anilines is 3. The predicted molar refractivity (Wildman–Crippen MR) is 108 cm³/mol. The van der Waals surface area contributed by atoms with Crippen molar-refractivity contribution in [2.45, 2.75) is 25.7 Å². The fourth-order valence-electron chi connectivity index (χ4n) is 3.27. The molecule has 1 aromatic carbocycles. The van der Waals surface area contributed by atoms with E-state index in [2.05, 4.69) is 46.2 Å². The quantitative estimate of drug-likeness (QED) is 0.596. The predicted octanol–water partition coefficient (Wildman–Crippen LogP) is 3.28. The largest absolute Gasteiger partial charge is 0.341 e. The topological polar surface area (TPSA) is 69.5 Å². The summed E-state index contributed by atoms with van der Waals surface area (Å²) in [6, 6.07) is 7.96. The molecule has 2 aromatic rings. The Morgan fingerprint density at radius 3 is 2.12 bits per heavy atom. The second kappa shape index (κ2) is 7.99. The van der Waals surface area contributed by atoms with Gasteiger partial charge >= 0.3 is 0 Å². The number of halogens is 1. The van der Waals surface area contributed by atoms with Crippen LogP contribution in [-0.4, -0.2) is 47.3 Å². The first-order valence-corrected chi connectivity index (χ1v) is 9.88. The average molecular weight is 416 g/mol. The van der Waals surface area contributed by atoms with Crippen LogP contribution in [0.2, 0.25) is 0 Å².